The maximum absolute atomic E-state index is 12.6. The first kappa shape index (κ1) is 15.0. The molecule has 0 radical (unpaired) electrons. The fraction of sp³-hybridized carbons (Fsp3) is 0.824. The Morgan fingerprint density at radius 3 is 2.70 bits per heavy atom. The van der Waals surface area contributed by atoms with Gasteiger partial charge in [-0.15, -0.1) is 0 Å². The lowest BCUT2D eigenvalue weighted by Gasteiger charge is -2.31. The van der Waals surface area contributed by atoms with Gasteiger partial charge in [-0.25, -0.2) is 4.79 Å². The molecule has 0 aromatic heterocycles. The van der Waals surface area contributed by atoms with Crippen LogP contribution in [-0.2, 0) is 9.59 Å². The van der Waals surface area contributed by atoms with E-state index in [4.69, 9.17) is 0 Å². The molecule has 0 spiro atoms. The summed E-state index contributed by atoms with van der Waals surface area (Å²) >= 11 is 0. The average Bonchev–Trinajstić information content (AvgIpc) is 3.25. The number of rotatable bonds is 4. The van der Waals surface area contributed by atoms with Crippen molar-refractivity contribution in [3.05, 3.63) is 0 Å². The molecule has 4 aliphatic rings. The van der Waals surface area contributed by atoms with E-state index in [-0.39, 0.29) is 24.9 Å². The number of carbonyl (C=O) groups excluding carboxylic acids is 3. The quantitative estimate of drug-likeness (QED) is 0.795. The third-order valence-corrected chi connectivity index (χ3v) is 6.35. The molecule has 2 saturated heterocycles. The van der Waals surface area contributed by atoms with Crippen molar-refractivity contribution in [2.24, 2.45) is 17.8 Å². The summed E-state index contributed by atoms with van der Waals surface area (Å²) in [6.07, 6.45) is 8.83. The minimum Gasteiger partial charge on any atom is -0.338 e. The molecular formula is C17H25N3O3. The molecular weight excluding hydrogens is 294 g/mol. The normalized spacial score (nSPS) is 36.2. The maximum atomic E-state index is 12.6. The van der Waals surface area contributed by atoms with Gasteiger partial charge in [-0.3, -0.25) is 14.9 Å². The van der Waals surface area contributed by atoms with E-state index < -0.39 is 6.03 Å². The van der Waals surface area contributed by atoms with E-state index in [2.05, 4.69) is 5.32 Å². The molecule has 4 fully saturated rings. The second-order valence-electron chi connectivity index (χ2n) is 7.76. The number of hydrogen-bond acceptors (Lipinski definition) is 3. The predicted octanol–water partition coefficient (Wildman–Crippen LogP) is 1.36. The topological polar surface area (TPSA) is 69.7 Å². The molecule has 2 saturated carbocycles. The molecule has 4 atom stereocenters. The molecule has 23 heavy (non-hydrogen) atoms. The van der Waals surface area contributed by atoms with Crippen LogP contribution in [0.25, 0.3) is 0 Å². The Labute approximate surface area is 136 Å². The van der Waals surface area contributed by atoms with Crippen LogP contribution in [0.5, 0.6) is 0 Å². The molecule has 2 heterocycles. The summed E-state index contributed by atoms with van der Waals surface area (Å²) in [6.45, 7) is 0.841. The van der Waals surface area contributed by atoms with Crippen molar-refractivity contribution >= 4 is 17.8 Å². The molecule has 1 N–H and O–H groups in total. The number of imide groups is 1. The van der Waals surface area contributed by atoms with E-state index in [0.29, 0.717) is 6.04 Å². The Morgan fingerprint density at radius 2 is 2.04 bits per heavy atom. The minimum atomic E-state index is -0.438. The van der Waals surface area contributed by atoms with Crippen LogP contribution in [0.2, 0.25) is 0 Å². The van der Waals surface area contributed by atoms with E-state index in [9.17, 15) is 14.4 Å². The Hall–Kier alpha value is -1.59. The Bertz CT molecular complexity index is 535. The molecule has 6 heteroatoms. The van der Waals surface area contributed by atoms with Gasteiger partial charge in [0.25, 0.3) is 0 Å². The number of nitrogens with zero attached hydrogens (tertiary/aromatic N) is 2. The highest BCUT2D eigenvalue weighted by atomic mass is 16.2. The van der Waals surface area contributed by atoms with Crippen molar-refractivity contribution in [1.82, 2.24) is 15.1 Å². The molecule has 6 nitrogen and oxygen atoms in total. The van der Waals surface area contributed by atoms with E-state index in [1.807, 2.05) is 4.90 Å². The third kappa shape index (κ3) is 2.83. The smallest absolute Gasteiger partial charge is 0.325 e. The lowest BCUT2D eigenvalue weighted by atomic mass is 9.83. The zero-order chi connectivity index (χ0) is 16.0. The van der Waals surface area contributed by atoms with Crippen LogP contribution in [-0.4, -0.2) is 53.3 Å². The van der Waals surface area contributed by atoms with Gasteiger partial charge in [0.1, 0.15) is 13.1 Å². The van der Waals surface area contributed by atoms with Gasteiger partial charge >= 0.3 is 6.03 Å². The molecule has 0 unspecified atom stereocenters. The van der Waals surface area contributed by atoms with E-state index >= 15 is 0 Å². The van der Waals surface area contributed by atoms with E-state index in [0.717, 1.165) is 43.6 Å². The number of hydrogen-bond donors (Lipinski definition) is 1. The zero-order valence-corrected chi connectivity index (χ0v) is 13.5. The molecule has 126 valence electrons. The van der Waals surface area contributed by atoms with Gasteiger partial charge in [0.05, 0.1) is 0 Å². The first-order chi connectivity index (χ1) is 11.1. The van der Waals surface area contributed by atoms with Crippen LogP contribution < -0.4 is 5.32 Å². The Balaban J connectivity index is 1.34. The fourth-order valence-corrected chi connectivity index (χ4v) is 5.29. The molecule has 4 amide bonds. The van der Waals surface area contributed by atoms with Gasteiger partial charge in [-0.1, -0.05) is 6.42 Å². The van der Waals surface area contributed by atoms with Crippen LogP contribution in [0.4, 0.5) is 4.79 Å². The van der Waals surface area contributed by atoms with Gasteiger partial charge in [0.15, 0.2) is 0 Å². The fourth-order valence-electron chi connectivity index (χ4n) is 5.29. The molecule has 2 bridgehead atoms. The van der Waals surface area contributed by atoms with Crippen LogP contribution in [0.15, 0.2) is 0 Å². The van der Waals surface area contributed by atoms with Crippen LogP contribution in [0.1, 0.15) is 44.9 Å². The lowest BCUT2D eigenvalue weighted by molar-refractivity contribution is -0.132. The molecule has 2 aliphatic heterocycles. The van der Waals surface area contributed by atoms with Crippen molar-refractivity contribution in [2.45, 2.75) is 51.0 Å². The number of nitrogens with one attached hydrogen (secondary N) is 1. The number of urea groups is 1. The summed E-state index contributed by atoms with van der Waals surface area (Å²) in [5, 5.41) is 2.23. The van der Waals surface area contributed by atoms with Crippen LogP contribution >= 0.6 is 0 Å². The molecule has 0 aromatic rings. The van der Waals surface area contributed by atoms with E-state index in [1.165, 1.54) is 30.6 Å². The second kappa shape index (κ2) is 5.80. The van der Waals surface area contributed by atoms with Gasteiger partial charge in [-0.2, -0.15) is 0 Å². The summed E-state index contributed by atoms with van der Waals surface area (Å²) in [6, 6.07) is -0.0968. The van der Waals surface area contributed by atoms with Crippen molar-refractivity contribution < 1.29 is 14.4 Å². The average molecular weight is 319 g/mol. The summed E-state index contributed by atoms with van der Waals surface area (Å²) in [5.41, 5.74) is 0. The molecule has 0 aromatic carbocycles. The summed E-state index contributed by atoms with van der Waals surface area (Å²) < 4.78 is 0. The second-order valence-corrected chi connectivity index (χ2v) is 7.76. The first-order valence-corrected chi connectivity index (χ1v) is 8.98. The van der Waals surface area contributed by atoms with Crippen LogP contribution in [0.3, 0.4) is 0 Å². The number of carbonyl (C=O) groups is 3. The van der Waals surface area contributed by atoms with E-state index in [1.54, 1.807) is 0 Å². The maximum Gasteiger partial charge on any atom is 0.325 e. The summed E-state index contributed by atoms with van der Waals surface area (Å²) in [4.78, 5) is 38.7. The van der Waals surface area contributed by atoms with Gasteiger partial charge < -0.3 is 9.80 Å². The minimum absolute atomic E-state index is 0.000469. The van der Waals surface area contributed by atoms with Crippen molar-refractivity contribution in [2.75, 3.05) is 19.6 Å². The largest absolute Gasteiger partial charge is 0.338 e. The van der Waals surface area contributed by atoms with Crippen molar-refractivity contribution in [1.29, 1.82) is 0 Å². The number of fused-ring (bicyclic) bond motifs is 2. The zero-order valence-electron chi connectivity index (χ0n) is 13.5. The van der Waals surface area contributed by atoms with Gasteiger partial charge in [0.2, 0.25) is 11.8 Å². The summed E-state index contributed by atoms with van der Waals surface area (Å²) in [7, 11) is 0. The third-order valence-electron chi connectivity index (χ3n) is 6.35. The lowest BCUT2D eigenvalue weighted by Crippen LogP contribution is -2.44. The highest BCUT2D eigenvalue weighted by Gasteiger charge is 2.42. The Morgan fingerprint density at radius 1 is 1.17 bits per heavy atom. The van der Waals surface area contributed by atoms with Gasteiger partial charge in [0, 0.05) is 12.6 Å². The monoisotopic (exact) mass is 319 g/mol. The van der Waals surface area contributed by atoms with Gasteiger partial charge in [-0.05, 0) is 56.3 Å². The first-order valence-electron chi connectivity index (χ1n) is 8.98. The van der Waals surface area contributed by atoms with Crippen molar-refractivity contribution in [3.8, 4) is 0 Å². The number of likely N-dealkylation sites (tertiary alicyclic amines) is 1. The molecule has 4 rings (SSSR count). The predicted molar refractivity (Wildman–Crippen MR) is 83.4 cm³/mol. The van der Waals surface area contributed by atoms with Crippen molar-refractivity contribution in [3.63, 3.8) is 0 Å². The van der Waals surface area contributed by atoms with Crippen LogP contribution in [0, 0.1) is 17.8 Å². The highest BCUT2D eigenvalue weighted by molar-refractivity contribution is 6.03. The summed E-state index contributed by atoms with van der Waals surface area (Å²) in [5.74, 6) is 2.31. The Kier molecular flexibility index (Phi) is 3.77. The molecule has 2 aliphatic carbocycles. The highest BCUT2D eigenvalue weighted by Crippen LogP contribution is 2.50. The standard InChI is InChI=1S/C17H25N3O3/c21-15-9-19(17(23)18-15)10-16(22)20-5-1-2-14(20)8-13-7-11-3-4-12(13)6-11/h11-14H,1-10H2,(H,18,21,23)/t11-,12-,13+,14-/m0/s1. The SMILES string of the molecule is O=C1CN(CC(=O)N2CCC[C@H]2C[C@H]2C[C@H]3CC[C@H]2C3)C(=O)N1. The number of amides is 4.